The predicted molar refractivity (Wildman–Crippen MR) is 210 cm³/mol. The number of phenolic OH excluding ortho intramolecular Hbond substituents is 1. The highest BCUT2D eigenvalue weighted by Crippen LogP contribution is 2.57. The highest BCUT2D eigenvalue weighted by atomic mass is 16.5. The molecule has 274 valence electrons. The van der Waals surface area contributed by atoms with Crippen LogP contribution in [0.15, 0.2) is 27.3 Å². The smallest absolute Gasteiger partial charge is 0.190 e. The number of aliphatic hydroxyl groups excluding tert-OH is 2. The van der Waals surface area contributed by atoms with Gasteiger partial charge in [-0.3, -0.25) is 14.4 Å². The highest BCUT2D eigenvalue weighted by molar-refractivity contribution is 6.40. The first-order valence-electron chi connectivity index (χ1n) is 18.3. The van der Waals surface area contributed by atoms with Crippen LogP contribution in [0, 0.1) is 0 Å². The van der Waals surface area contributed by atoms with Crippen LogP contribution in [0.5, 0.6) is 11.5 Å². The van der Waals surface area contributed by atoms with E-state index in [1.807, 2.05) is 13.0 Å². The van der Waals surface area contributed by atoms with Crippen LogP contribution in [0.3, 0.4) is 0 Å². The van der Waals surface area contributed by atoms with E-state index in [2.05, 4.69) is 45.6 Å². The first-order chi connectivity index (χ1) is 24.6. The molecule has 0 saturated carbocycles. The highest BCUT2D eigenvalue weighted by Gasteiger charge is 2.41. The number of hydrogen-bond donors (Lipinski definition) is 5. The Morgan fingerprint density at radius 3 is 2.02 bits per heavy atom. The summed E-state index contributed by atoms with van der Waals surface area (Å²) in [5.74, 6) is -1.39. The van der Waals surface area contributed by atoms with Crippen LogP contribution in [-0.2, 0) is 18.0 Å². The largest absolute Gasteiger partial charge is 0.504 e. The molecule has 2 unspecified atom stereocenters. The van der Waals surface area contributed by atoms with Crippen molar-refractivity contribution in [1.29, 1.82) is 0 Å². The van der Waals surface area contributed by atoms with Crippen molar-refractivity contribution < 1.29 is 29.3 Å². The number of anilines is 2. The molecule has 0 aromatic heterocycles. The monoisotopic (exact) mass is 708 g/mol. The van der Waals surface area contributed by atoms with Crippen LogP contribution in [0.1, 0.15) is 88.0 Å². The van der Waals surface area contributed by atoms with Crippen molar-refractivity contribution in [2.75, 3.05) is 45.4 Å². The van der Waals surface area contributed by atoms with E-state index in [0.29, 0.717) is 65.7 Å². The van der Waals surface area contributed by atoms with Crippen molar-refractivity contribution in [1.82, 2.24) is 0 Å². The molecular formula is C42H50N3O7+. The van der Waals surface area contributed by atoms with E-state index in [0.717, 1.165) is 54.4 Å². The number of nitrogens with one attached hydrogen (secondary N) is 2. The number of allylic oxidation sites excluding steroid dienone is 1. The quantitative estimate of drug-likeness (QED) is 0.0461. The maximum Gasteiger partial charge on any atom is 0.190 e. The SMILES string of the molecule is COc1c(O)c2c(=O)cc(CO)c3c4c(CO)cc(=O)c5c6c(c7c(c(c1C(C(C)=O)C(C)=C7)c23)c54)NC(CCCCCC[N+](C)(C)C)C(C)(C)N6. The van der Waals surface area contributed by atoms with E-state index in [4.69, 9.17) is 4.74 Å². The Bertz CT molecular complexity index is 2440. The summed E-state index contributed by atoms with van der Waals surface area (Å²) < 4.78 is 6.80. The van der Waals surface area contributed by atoms with E-state index < -0.39 is 30.1 Å². The summed E-state index contributed by atoms with van der Waals surface area (Å²) >= 11 is 0. The number of nitrogens with zero attached hydrogens (tertiary/aromatic N) is 1. The Hall–Kier alpha value is -4.51. The van der Waals surface area contributed by atoms with Crippen LogP contribution >= 0.6 is 0 Å². The number of ether oxygens (including phenoxy) is 1. The van der Waals surface area contributed by atoms with E-state index in [9.17, 15) is 29.7 Å². The summed E-state index contributed by atoms with van der Waals surface area (Å²) in [6, 6.07) is 2.72. The molecule has 0 spiro atoms. The molecule has 52 heavy (non-hydrogen) atoms. The number of hydrogen-bond acceptors (Lipinski definition) is 9. The Morgan fingerprint density at radius 1 is 0.846 bits per heavy atom. The van der Waals surface area contributed by atoms with Gasteiger partial charge in [-0.1, -0.05) is 24.5 Å². The molecule has 10 nitrogen and oxygen atoms in total. The fourth-order valence-electron chi connectivity index (χ4n) is 9.20. The van der Waals surface area contributed by atoms with Gasteiger partial charge in [0.1, 0.15) is 5.78 Å². The number of benzene rings is 5. The molecule has 0 amide bonds. The van der Waals surface area contributed by atoms with Gasteiger partial charge >= 0.3 is 0 Å². The normalized spacial score (nSPS) is 18.2. The molecule has 1 aliphatic heterocycles. The fourth-order valence-corrected chi connectivity index (χ4v) is 9.20. The Labute approximate surface area is 303 Å². The van der Waals surface area contributed by atoms with Gasteiger partial charge in [0.2, 0.25) is 0 Å². The van der Waals surface area contributed by atoms with Crippen molar-refractivity contribution >= 4 is 66.3 Å². The second-order valence-corrected chi connectivity index (χ2v) is 16.5. The molecule has 1 heterocycles. The second kappa shape index (κ2) is 12.6. The van der Waals surface area contributed by atoms with Crippen LogP contribution in [0.25, 0.3) is 49.2 Å². The Kier molecular flexibility index (Phi) is 8.67. The molecule has 1 aliphatic carbocycles. The number of rotatable bonds is 11. The zero-order valence-corrected chi connectivity index (χ0v) is 31.5. The predicted octanol–water partition coefficient (Wildman–Crippen LogP) is 6.33. The third kappa shape index (κ3) is 5.29. The summed E-state index contributed by atoms with van der Waals surface area (Å²) in [4.78, 5) is 41.9. The summed E-state index contributed by atoms with van der Waals surface area (Å²) in [5.41, 5.74) is 2.62. The molecule has 5 aromatic rings. The molecule has 0 fully saturated rings. The number of unbranched alkanes of at least 4 members (excludes halogenated alkanes) is 3. The lowest BCUT2D eigenvalue weighted by molar-refractivity contribution is -0.870. The molecule has 0 saturated heterocycles. The number of ketones is 1. The van der Waals surface area contributed by atoms with Crippen LogP contribution in [0.4, 0.5) is 11.4 Å². The summed E-state index contributed by atoms with van der Waals surface area (Å²) in [6.07, 6.45) is 7.30. The van der Waals surface area contributed by atoms with Gasteiger partial charge in [-0.25, -0.2) is 0 Å². The summed E-state index contributed by atoms with van der Waals surface area (Å²) in [5, 5.41) is 44.4. The number of quaternary nitrogens is 1. The topological polar surface area (TPSA) is 145 Å². The van der Waals surface area contributed by atoms with Gasteiger partial charge in [0.25, 0.3) is 0 Å². The molecule has 0 radical (unpaired) electrons. The summed E-state index contributed by atoms with van der Waals surface area (Å²) in [7, 11) is 8.04. The number of methoxy groups -OCH3 is 1. The van der Waals surface area contributed by atoms with Crippen molar-refractivity contribution in [3.05, 3.63) is 60.4 Å². The van der Waals surface area contributed by atoms with E-state index >= 15 is 0 Å². The van der Waals surface area contributed by atoms with E-state index in [1.54, 1.807) is 0 Å². The molecule has 5 aromatic carbocycles. The van der Waals surface area contributed by atoms with Crippen molar-refractivity contribution in [3.8, 4) is 11.5 Å². The number of fused-ring (bicyclic) bond motifs is 4. The fraction of sp³-hybridized carbons (Fsp3) is 0.452. The molecular weight excluding hydrogens is 658 g/mol. The van der Waals surface area contributed by atoms with Gasteiger partial charge in [0.15, 0.2) is 22.4 Å². The first-order valence-corrected chi connectivity index (χ1v) is 18.3. The Morgan fingerprint density at radius 2 is 1.44 bits per heavy atom. The number of carbonyl (C=O) groups is 1. The molecule has 5 N–H and O–H groups in total. The molecule has 2 aliphatic rings. The van der Waals surface area contributed by atoms with Crippen molar-refractivity contribution in [3.63, 3.8) is 0 Å². The lowest BCUT2D eigenvalue weighted by Crippen LogP contribution is -2.51. The van der Waals surface area contributed by atoms with Gasteiger partial charge in [0, 0.05) is 33.3 Å². The minimum absolute atomic E-state index is 0.00225. The number of carbonyl (C=O) groups excluding carboxylic acids is 1. The average Bonchev–Trinajstić information content (AvgIpc) is 3.20. The molecule has 0 bridgehead atoms. The number of phenols is 1. The first kappa shape index (κ1) is 35.9. The van der Waals surface area contributed by atoms with E-state index in [1.165, 1.54) is 26.2 Å². The van der Waals surface area contributed by atoms with E-state index in [-0.39, 0.29) is 34.1 Å². The second-order valence-electron chi connectivity index (χ2n) is 16.5. The zero-order valence-electron chi connectivity index (χ0n) is 31.5. The van der Waals surface area contributed by atoms with Gasteiger partial charge in [0.05, 0.1) is 81.6 Å². The lowest BCUT2D eigenvalue weighted by Gasteiger charge is -2.44. The average molecular weight is 709 g/mol. The third-order valence-electron chi connectivity index (χ3n) is 11.5. The number of aliphatic hydroxyl groups is 2. The van der Waals surface area contributed by atoms with Crippen LogP contribution in [0.2, 0.25) is 0 Å². The van der Waals surface area contributed by atoms with Crippen molar-refractivity contribution in [2.45, 2.75) is 90.5 Å². The maximum absolute atomic E-state index is 14.4. The van der Waals surface area contributed by atoms with Gasteiger partial charge in [-0.15, -0.1) is 0 Å². The summed E-state index contributed by atoms with van der Waals surface area (Å²) in [6.45, 7) is 7.79. The standard InChI is InChI=1S/C42H49N3O7/c1-20-15-24-31-34-29(30-23(19-47)17-26(50)33-35(30)36(31)37(28(20)21(2)48)41(52-8)40(33)51)22(18-46)16-25(49)32(34)39-38(24)43-27(42(3,4)44-39)13-11-9-10-12-14-45(5,6)7/h15-17,27-28,46-47H,9-14,18-19H2,1-8H3,(H2-,43,44,49,50,51)/p+1. The zero-order chi connectivity index (χ0) is 37.6. The van der Waals surface area contributed by atoms with Crippen LogP contribution < -0.4 is 26.2 Å². The van der Waals surface area contributed by atoms with Gasteiger partial charge < -0.3 is 35.2 Å². The number of Topliss-reactive ketones (excluding diaryl/α,β-unsaturated/α-hetero) is 1. The molecule has 7 rings (SSSR count). The van der Waals surface area contributed by atoms with Crippen LogP contribution in [-0.4, -0.2) is 72.0 Å². The van der Waals surface area contributed by atoms with Gasteiger partial charge in [-0.05, 0) is 86.4 Å². The third-order valence-corrected chi connectivity index (χ3v) is 11.5. The molecule has 10 heteroatoms. The molecule has 2 atom stereocenters. The lowest BCUT2D eigenvalue weighted by atomic mass is 9.78. The Balaban J connectivity index is 1.62. The minimum atomic E-state index is -0.844. The minimum Gasteiger partial charge on any atom is -0.504 e. The van der Waals surface area contributed by atoms with Crippen molar-refractivity contribution in [2.24, 2.45) is 0 Å². The maximum atomic E-state index is 14.4. The van der Waals surface area contributed by atoms with Gasteiger partial charge in [-0.2, -0.15) is 0 Å². The number of aromatic hydroxyl groups is 1.